The number of nitrogens with zero attached hydrogens (tertiary/aromatic N) is 1. The van der Waals surface area contributed by atoms with Crippen molar-refractivity contribution in [1.29, 1.82) is 0 Å². The number of hydrogen-bond donors (Lipinski definition) is 1. The first kappa shape index (κ1) is 21.6. The van der Waals surface area contributed by atoms with Crippen LogP contribution in [0.5, 0.6) is 0 Å². The number of sulfone groups is 1. The van der Waals surface area contributed by atoms with Crippen LogP contribution in [-0.4, -0.2) is 48.1 Å². The Morgan fingerprint density at radius 3 is 2.45 bits per heavy atom. The Balaban J connectivity index is 1.95. The quantitative estimate of drug-likeness (QED) is 0.556. The summed E-state index contributed by atoms with van der Waals surface area (Å²) in [5.41, 5.74) is 0.304. The van der Waals surface area contributed by atoms with Crippen molar-refractivity contribution in [3.05, 3.63) is 53.6 Å². The van der Waals surface area contributed by atoms with Crippen LogP contribution >= 0.6 is 11.6 Å². The molecule has 0 aliphatic carbocycles. The van der Waals surface area contributed by atoms with Gasteiger partial charge in [0.1, 0.15) is 5.58 Å². The molecule has 0 spiro atoms. The van der Waals surface area contributed by atoms with Gasteiger partial charge in [0.15, 0.2) is 9.84 Å². The fourth-order valence-electron chi connectivity index (χ4n) is 2.82. The molecule has 0 aliphatic heterocycles. The van der Waals surface area contributed by atoms with Gasteiger partial charge >= 0.3 is 0 Å². The van der Waals surface area contributed by atoms with Gasteiger partial charge in [0.05, 0.1) is 16.3 Å². The zero-order chi connectivity index (χ0) is 21.2. The van der Waals surface area contributed by atoms with Crippen LogP contribution < -0.4 is 4.72 Å². The largest absolute Gasteiger partial charge is 0.443 e. The predicted octanol–water partition coefficient (Wildman–Crippen LogP) is 3.61. The molecule has 0 atom stereocenters. The van der Waals surface area contributed by atoms with E-state index in [9.17, 15) is 16.8 Å². The van der Waals surface area contributed by atoms with Gasteiger partial charge < -0.3 is 9.32 Å². The topological polar surface area (TPSA) is 96.7 Å². The fourth-order valence-corrected chi connectivity index (χ4v) is 5.55. The van der Waals surface area contributed by atoms with Crippen LogP contribution in [0.25, 0.3) is 11.0 Å². The molecule has 0 bridgehead atoms. The Morgan fingerprint density at radius 1 is 1.03 bits per heavy atom. The molecular formula is C19H21ClN2O5S2. The molecule has 0 unspecified atom stereocenters. The second-order valence-corrected chi connectivity index (χ2v) is 11.0. The Morgan fingerprint density at radius 2 is 1.76 bits per heavy atom. The summed E-state index contributed by atoms with van der Waals surface area (Å²) in [7, 11) is -4.18. The lowest BCUT2D eigenvalue weighted by Crippen LogP contribution is -2.19. The monoisotopic (exact) mass is 456 g/mol. The minimum Gasteiger partial charge on any atom is -0.443 e. The second-order valence-electron chi connectivity index (χ2n) is 6.82. The van der Waals surface area contributed by atoms with E-state index < -0.39 is 19.9 Å². The van der Waals surface area contributed by atoms with Gasteiger partial charge in [-0.2, -0.15) is 8.42 Å². The second kappa shape index (κ2) is 8.35. The fraction of sp³-hybridized carbons (Fsp3) is 0.263. The highest BCUT2D eigenvalue weighted by Crippen LogP contribution is 2.30. The molecule has 10 heteroatoms. The zero-order valence-corrected chi connectivity index (χ0v) is 18.3. The number of hydrogen-bond acceptors (Lipinski definition) is 6. The molecule has 1 heterocycles. The van der Waals surface area contributed by atoms with Crippen molar-refractivity contribution in [3.63, 3.8) is 0 Å². The number of nitrogens with one attached hydrogen (secondary N) is 1. The SMILES string of the molecule is CN(C)CCCS(=O)(=O)c1ccc(Cl)cc1NS(=O)(=O)c1cc2ccccc2o1. The van der Waals surface area contributed by atoms with Gasteiger partial charge in [0.2, 0.25) is 5.09 Å². The summed E-state index contributed by atoms with van der Waals surface area (Å²) < 4.78 is 58.9. The first-order valence-corrected chi connectivity index (χ1v) is 12.3. The molecule has 3 rings (SSSR count). The first-order chi connectivity index (χ1) is 13.6. The highest BCUT2D eigenvalue weighted by atomic mass is 35.5. The molecule has 2 aromatic carbocycles. The van der Waals surface area contributed by atoms with Crippen molar-refractivity contribution in [2.24, 2.45) is 0 Å². The summed E-state index contributed by atoms with van der Waals surface area (Å²) in [5, 5.41) is 0.518. The van der Waals surface area contributed by atoms with E-state index in [2.05, 4.69) is 4.72 Å². The van der Waals surface area contributed by atoms with Gasteiger partial charge in [-0.1, -0.05) is 29.8 Å². The van der Waals surface area contributed by atoms with Gasteiger partial charge in [-0.05, 0) is 51.3 Å². The number of furan rings is 1. The highest BCUT2D eigenvalue weighted by Gasteiger charge is 2.25. The molecule has 1 N–H and O–H groups in total. The minimum absolute atomic E-state index is 0.109. The maximum atomic E-state index is 12.8. The summed E-state index contributed by atoms with van der Waals surface area (Å²) in [5.74, 6) is -0.119. The van der Waals surface area contributed by atoms with E-state index in [-0.39, 0.29) is 26.5 Å². The van der Waals surface area contributed by atoms with E-state index in [4.69, 9.17) is 16.0 Å². The summed E-state index contributed by atoms with van der Waals surface area (Å²) in [6.45, 7) is 0.590. The normalized spacial score (nSPS) is 12.6. The summed E-state index contributed by atoms with van der Waals surface area (Å²) in [4.78, 5) is 1.75. The van der Waals surface area contributed by atoms with Gasteiger partial charge in [0, 0.05) is 16.5 Å². The average Bonchev–Trinajstić information content (AvgIpc) is 3.06. The van der Waals surface area contributed by atoms with Crippen LogP contribution in [0.3, 0.4) is 0 Å². The van der Waals surface area contributed by atoms with Gasteiger partial charge in [-0.3, -0.25) is 4.72 Å². The van der Waals surface area contributed by atoms with Crippen molar-refractivity contribution in [3.8, 4) is 0 Å². The first-order valence-electron chi connectivity index (χ1n) is 8.77. The van der Waals surface area contributed by atoms with Crippen LogP contribution in [0.2, 0.25) is 5.02 Å². The lowest BCUT2D eigenvalue weighted by molar-refractivity contribution is 0.408. The van der Waals surface area contributed by atoms with E-state index in [1.165, 1.54) is 24.3 Å². The number of fused-ring (bicyclic) bond motifs is 1. The van der Waals surface area contributed by atoms with Crippen LogP contribution in [-0.2, 0) is 19.9 Å². The van der Waals surface area contributed by atoms with E-state index >= 15 is 0 Å². The molecule has 0 amide bonds. The number of halogens is 1. The van der Waals surface area contributed by atoms with Gasteiger partial charge in [-0.15, -0.1) is 0 Å². The third-order valence-corrected chi connectivity index (χ3v) is 7.51. The molecule has 0 saturated carbocycles. The average molecular weight is 457 g/mol. The van der Waals surface area contributed by atoms with Crippen molar-refractivity contribution in [1.82, 2.24) is 4.90 Å². The van der Waals surface area contributed by atoms with Gasteiger partial charge in [-0.25, -0.2) is 8.42 Å². The number of rotatable bonds is 8. The summed E-state index contributed by atoms with van der Waals surface area (Å²) in [6.07, 6.45) is 0.410. The lowest BCUT2D eigenvalue weighted by atomic mass is 10.3. The number of anilines is 1. The van der Waals surface area contributed by atoms with Crippen molar-refractivity contribution < 1.29 is 21.3 Å². The molecule has 1 aromatic heterocycles. The Kier molecular flexibility index (Phi) is 6.23. The maximum Gasteiger partial charge on any atom is 0.295 e. The lowest BCUT2D eigenvalue weighted by Gasteiger charge is -2.14. The van der Waals surface area contributed by atoms with E-state index in [0.29, 0.717) is 23.9 Å². The zero-order valence-electron chi connectivity index (χ0n) is 15.9. The van der Waals surface area contributed by atoms with Crippen molar-refractivity contribution >= 4 is 48.1 Å². The standard InChI is InChI=1S/C19H21ClN2O5S2/c1-22(2)10-5-11-28(23,24)18-9-8-15(20)13-16(18)21-29(25,26)19-12-14-6-3-4-7-17(14)27-19/h3-4,6-9,12-13,21H,5,10-11H2,1-2H3. The van der Waals surface area contributed by atoms with E-state index in [1.807, 2.05) is 19.0 Å². The number of sulfonamides is 1. The molecule has 0 radical (unpaired) electrons. The number of benzene rings is 2. The predicted molar refractivity (Wildman–Crippen MR) is 114 cm³/mol. The van der Waals surface area contributed by atoms with Crippen LogP contribution in [0.4, 0.5) is 5.69 Å². The Labute approximate surface area is 175 Å². The minimum atomic E-state index is -4.16. The maximum absolute atomic E-state index is 12.8. The molecule has 3 aromatic rings. The molecule has 7 nitrogen and oxygen atoms in total. The van der Waals surface area contributed by atoms with Crippen LogP contribution in [0, 0.1) is 0 Å². The third kappa shape index (κ3) is 5.11. The summed E-state index contributed by atoms with van der Waals surface area (Å²) in [6, 6.07) is 12.2. The van der Waals surface area contributed by atoms with Gasteiger partial charge in [0.25, 0.3) is 10.0 Å². The molecule has 156 valence electrons. The molecule has 0 aliphatic rings. The van der Waals surface area contributed by atoms with E-state index in [0.717, 1.165) is 0 Å². The van der Waals surface area contributed by atoms with Crippen LogP contribution in [0.1, 0.15) is 6.42 Å². The van der Waals surface area contributed by atoms with Crippen molar-refractivity contribution in [2.45, 2.75) is 16.4 Å². The molecule has 0 saturated heterocycles. The summed E-state index contributed by atoms with van der Waals surface area (Å²) >= 11 is 5.99. The smallest absolute Gasteiger partial charge is 0.295 e. The Hall–Kier alpha value is -2.07. The van der Waals surface area contributed by atoms with Crippen molar-refractivity contribution in [2.75, 3.05) is 31.1 Å². The van der Waals surface area contributed by atoms with E-state index in [1.54, 1.807) is 24.3 Å². The molecule has 0 fully saturated rings. The highest BCUT2D eigenvalue weighted by molar-refractivity contribution is 7.93. The Bertz CT molecular complexity index is 1200. The van der Waals surface area contributed by atoms with Crippen LogP contribution in [0.15, 0.2) is 62.9 Å². The molecular weight excluding hydrogens is 436 g/mol. The molecule has 29 heavy (non-hydrogen) atoms. The third-order valence-electron chi connectivity index (χ3n) is 4.21. The number of para-hydroxylation sites is 1.